The van der Waals surface area contributed by atoms with Gasteiger partial charge < -0.3 is 9.64 Å². The first-order valence-electron chi connectivity index (χ1n) is 20.5. The number of ether oxygens (including phenoxy) is 1. The van der Waals surface area contributed by atoms with Crippen LogP contribution in [0.15, 0.2) is 114 Å². The predicted molar refractivity (Wildman–Crippen MR) is 235 cm³/mol. The minimum atomic E-state index is -0.214. The summed E-state index contributed by atoms with van der Waals surface area (Å²) in [6, 6.07) is 38.2. The van der Waals surface area contributed by atoms with E-state index in [1.54, 1.807) is 0 Å². The Hall–Kier alpha value is -5.68. The molecule has 0 unspecified atom stereocenters. The fourth-order valence-corrected chi connectivity index (χ4v) is 9.87. The molecule has 10 rings (SSSR count). The van der Waals surface area contributed by atoms with E-state index in [1.807, 2.05) is 6.20 Å². The Morgan fingerprint density at radius 3 is 2.21 bits per heavy atom. The van der Waals surface area contributed by atoms with E-state index in [4.69, 9.17) is 14.7 Å². The van der Waals surface area contributed by atoms with E-state index in [1.165, 1.54) is 60.8 Å². The molecule has 0 saturated carbocycles. The largest absolute Gasteiger partial charge is 0.457 e. The van der Waals surface area contributed by atoms with E-state index in [0.717, 1.165) is 46.3 Å². The number of amidine groups is 1. The number of hydrogen-bond acceptors (Lipinski definition) is 4. The van der Waals surface area contributed by atoms with Crippen molar-refractivity contribution in [1.82, 2.24) is 14.5 Å². The van der Waals surface area contributed by atoms with Crippen LogP contribution in [0.4, 0.5) is 0 Å². The van der Waals surface area contributed by atoms with Crippen molar-refractivity contribution < 1.29 is 4.74 Å². The molecule has 0 amide bonds. The van der Waals surface area contributed by atoms with Crippen LogP contribution < -0.4 is 4.74 Å². The molecule has 57 heavy (non-hydrogen) atoms. The number of fused-ring (bicyclic) bond motifs is 8. The van der Waals surface area contributed by atoms with E-state index >= 15 is 0 Å². The summed E-state index contributed by atoms with van der Waals surface area (Å²) in [7, 11) is 0. The van der Waals surface area contributed by atoms with Crippen molar-refractivity contribution in [2.45, 2.75) is 104 Å². The van der Waals surface area contributed by atoms with Gasteiger partial charge in [0.2, 0.25) is 0 Å². The molecular formula is C52H52N4O. The lowest BCUT2D eigenvalue weighted by molar-refractivity contribution is 0.341. The third-order valence-electron chi connectivity index (χ3n) is 13.0. The zero-order valence-corrected chi connectivity index (χ0v) is 35.0. The minimum Gasteiger partial charge on any atom is -0.457 e. The smallest absolute Gasteiger partial charge is 0.141 e. The Bertz CT molecular complexity index is 2830. The van der Waals surface area contributed by atoms with Crippen molar-refractivity contribution in [3.63, 3.8) is 0 Å². The Morgan fingerprint density at radius 2 is 1.46 bits per heavy atom. The van der Waals surface area contributed by atoms with E-state index < -0.39 is 0 Å². The maximum atomic E-state index is 7.11. The molecule has 5 aromatic carbocycles. The molecule has 0 saturated heterocycles. The minimum absolute atomic E-state index is 0.00404. The summed E-state index contributed by atoms with van der Waals surface area (Å²) in [4.78, 5) is 13.2. The van der Waals surface area contributed by atoms with Gasteiger partial charge in [-0.15, -0.1) is 0 Å². The topological polar surface area (TPSA) is 42.6 Å². The van der Waals surface area contributed by atoms with Crippen LogP contribution in [-0.2, 0) is 22.8 Å². The maximum Gasteiger partial charge on any atom is 0.141 e. The van der Waals surface area contributed by atoms with Crippen molar-refractivity contribution >= 4 is 27.6 Å². The second-order valence-corrected chi connectivity index (χ2v) is 19.3. The van der Waals surface area contributed by atoms with Crippen molar-refractivity contribution in [3.8, 4) is 17.3 Å². The van der Waals surface area contributed by atoms with E-state index in [-0.39, 0.29) is 28.3 Å². The van der Waals surface area contributed by atoms with Crippen molar-refractivity contribution in [2.75, 3.05) is 0 Å². The third-order valence-corrected chi connectivity index (χ3v) is 13.0. The van der Waals surface area contributed by atoms with Gasteiger partial charge in [-0.05, 0) is 106 Å². The maximum absolute atomic E-state index is 7.11. The van der Waals surface area contributed by atoms with Gasteiger partial charge in [-0.25, -0.2) is 4.98 Å². The van der Waals surface area contributed by atoms with Gasteiger partial charge in [0.25, 0.3) is 0 Å². The molecule has 0 radical (unpaired) electrons. The molecule has 0 fully saturated rings. The summed E-state index contributed by atoms with van der Waals surface area (Å²) >= 11 is 0. The second-order valence-electron chi connectivity index (χ2n) is 19.3. The molecule has 2 aromatic heterocycles. The molecule has 286 valence electrons. The Labute approximate surface area is 337 Å². The zero-order valence-electron chi connectivity index (χ0n) is 35.0. The number of aliphatic imine (C=N–C) groups is 1. The van der Waals surface area contributed by atoms with Crippen LogP contribution in [-0.4, -0.2) is 20.3 Å². The standard InChI is InChI=1S/C52H52N4O/c1-30-20-21-53-49-44(30)52(9,10)41-27-36(51(6,7)8)26-40-39-22-31(2)43(28-42(39)56(49)46(40)41)57-37-24-34(23-35(25-37)50(3,4)5)48-54-45(32-16-12-11-13-17-32)47-38-19-15-14-18-33(38)29-55(47)48/h11-28,45,47H,29H2,1-10H3/t45-,47+/m1/s1. The summed E-state index contributed by atoms with van der Waals surface area (Å²) in [5.74, 6) is 3.70. The average Bonchev–Trinajstić information content (AvgIpc) is 3.82. The van der Waals surface area contributed by atoms with Crippen molar-refractivity contribution in [2.24, 2.45) is 4.99 Å². The molecule has 5 nitrogen and oxygen atoms in total. The third kappa shape index (κ3) is 5.41. The fourth-order valence-electron chi connectivity index (χ4n) is 9.87. The monoisotopic (exact) mass is 748 g/mol. The number of rotatable bonds is 4. The normalized spacial score (nSPS) is 18.1. The molecule has 0 spiro atoms. The molecular weight excluding hydrogens is 697 g/mol. The van der Waals surface area contributed by atoms with Crippen LogP contribution in [0.3, 0.4) is 0 Å². The Balaban J connectivity index is 1.15. The number of aryl methyl sites for hydroxylation is 2. The van der Waals surface area contributed by atoms with Gasteiger partial charge in [-0.3, -0.25) is 9.56 Å². The zero-order chi connectivity index (χ0) is 39.8. The molecule has 2 atom stereocenters. The number of benzene rings is 5. The quantitative estimate of drug-likeness (QED) is 0.180. The van der Waals surface area contributed by atoms with Gasteiger partial charge in [-0.2, -0.15) is 0 Å². The first-order chi connectivity index (χ1) is 27.1. The molecule has 5 heteroatoms. The molecule has 3 aliphatic rings. The Morgan fingerprint density at radius 1 is 0.737 bits per heavy atom. The second kappa shape index (κ2) is 12.2. The number of nitrogens with zero attached hydrogens (tertiary/aromatic N) is 4. The fraction of sp³-hybridized carbons (Fsp3) is 0.308. The molecule has 0 bridgehead atoms. The van der Waals surface area contributed by atoms with Crippen LogP contribution >= 0.6 is 0 Å². The van der Waals surface area contributed by atoms with Crippen LogP contribution in [0.1, 0.15) is 123 Å². The van der Waals surface area contributed by atoms with Gasteiger partial charge in [0, 0.05) is 46.1 Å². The lowest BCUT2D eigenvalue weighted by atomic mass is 9.72. The summed E-state index contributed by atoms with van der Waals surface area (Å²) in [6.07, 6.45) is 1.96. The first kappa shape index (κ1) is 35.7. The summed E-state index contributed by atoms with van der Waals surface area (Å²) in [5, 5.41) is 2.50. The number of pyridine rings is 1. The molecule has 5 heterocycles. The van der Waals surface area contributed by atoms with E-state index in [2.05, 4.69) is 182 Å². The highest BCUT2D eigenvalue weighted by Gasteiger charge is 2.44. The van der Waals surface area contributed by atoms with Gasteiger partial charge >= 0.3 is 0 Å². The highest BCUT2D eigenvalue weighted by molar-refractivity contribution is 6.12. The van der Waals surface area contributed by atoms with Gasteiger partial charge in [-0.1, -0.05) is 116 Å². The average molecular weight is 749 g/mol. The van der Waals surface area contributed by atoms with Crippen LogP contribution in [0.5, 0.6) is 11.5 Å². The highest BCUT2D eigenvalue weighted by atomic mass is 16.5. The lowest BCUT2D eigenvalue weighted by Crippen LogP contribution is -2.29. The summed E-state index contributed by atoms with van der Waals surface area (Å²) in [6.45, 7) is 23.7. The van der Waals surface area contributed by atoms with Gasteiger partial charge in [0.15, 0.2) is 0 Å². The van der Waals surface area contributed by atoms with Gasteiger partial charge in [0.1, 0.15) is 29.2 Å². The Kier molecular flexibility index (Phi) is 7.62. The van der Waals surface area contributed by atoms with Crippen molar-refractivity contribution in [1.29, 1.82) is 0 Å². The first-order valence-corrected chi connectivity index (χ1v) is 20.5. The SMILES string of the molecule is Cc1cc2c3cc(C(C)(C)C)cc4c3n(c2cc1Oc1cc(C2=N[C@H](c3ccccc3)[C@@H]3c5ccccc5CN23)cc(C(C)(C)C)c1)-c1nccc(C)c1C4(C)C. The number of aromatic nitrogens is 2. The highest BCUT2D eigenvalue weighted by Crippen LogP contribution is 2.52. The van der Waals surface area contributed by atoms with Gasteiger partial charge in [0.05, 0.1) is 17.1 Å². The molecule has 0 N–H and O–H groups in total. The van der Waals surface area contributed by atoms with Crippen LogP contribution in [0, 0.1) is 13.8 Å². The molecule has 3 aliphatic heterocycles. The lowest BCUT2D eigenvalue weighted by Gasteiger charge is -2.36. The molecule has 0 aliphatic carbocycles. The van der Waals surface area contributed by atoms with Crippen LogP contribution in [0.2, 0.25) is 0 Å². The summed E-state index contributed by atoms with van der Waals surface area (Å²) in [5.41, 5.74) is 14.6. The van der Waals surface area contributed by atoms with E-state index in [0.29, 0.717) is 0 Å². The molecule has 7 aromatic rings. The number of hydrogen-bond donors (Lipinski definition) is 0. The van der Waals surface area contributed by atoms with Crippen molar-refractivity contribution in [3.05, 3.63) is 165 Å². The summed E-state index contributed by atoms with van der Waals surface area (Å²) < 4.78 is 9.51. The van der Waals surface area contributed by atoms with E-state index in [9.17, 15) is 0 Å². The van der Waals surface area contributed by atoms with Crippen LogP contribution in [0.25, 0.3) is 27.6 Å². The predicted octanol–water partition coefficient (Wildman–Crippen LogP) is 12.9.